The number of hydrogen-bond acceptors (Lipinski definition) is 5. The fourth-order valence-electron chi connectivity index (χ4n) is 1.31. The molecule has 0 saturated heterocycles. The number of rotatable bonds is 5. The first kappa shape index (κ1) is 11.9. The van der Waals surface area contributed by atoms with Crippen molar-refractivity contribution >= 4 is 16.5 Å². The second kappa shape index (κ2) is 5.63. The number of nitrogens with zero attached hydrogens (tertiary/aromatic N) is 2. The molecule has 0 fully saturated rings. The third kappa shape index (κ3) is 3.42. The van der Waals surface area contributed by atoms with Gasteiger partial charge in [0.2, 0.25) is 5.13 Å². The van der Waals surface area contributed by atoms with Crippen LogP contribution in [0, 0.1) is 6.92 Å². The van der Waals surface area contributed by atoms with E-state index in [9.17, 15) is 0 Å². The van der Waals surface area contributed by atoms with Gasteiger partial charge in [-0.05, 0) is 26.0 Å². The minimum Gasteiger partial charge on any atom is -0.486 e. The molecular formula is C12H15N3OS. The van der Waals surface area contributed by atoms with Gasteiger partial charge in [-0.25, -0.2) is 0 Å². The fraction of sp³-hybridized carbons (Fsp3) is 0.333. The maximum absolute atomic E-state index is 5.62. The highest BCUT2D eigenvalue weighted by atomic mass is 32.1. The minimum atomic E-state index is 0.464. The van der Waals surface area contributed by atoms with Crippen molar-refractivity contribution in [3.8, 4) is 5.75 Å². The Hall–Kier alpha value is -1.62. The summed E-state index contributed by atoms with van der Waals surface area (Å²) in [5.74, 6) is 0.857. The summed E-state index contributed by atoms with van der Waals surface area (Å²) >= 11 is 1.52. The molecule has 17 heavy (non-hydrogen) atoms. The summed E-state index contributed by atoms with van der Waals surface area (Å²) < 4.78 is 5.62. The normalized spacial score (nSPS) is 10.2. The van der Waals surface area contributed by atoms with E-state index in [1.807, 2.05) is 31.2 Å². The van der Waals surface area contributed by atoms with Crippen LogP contribution < -0.4 is 10.1 Å². The molecule has 1 N–H and O–H groups in total. The number of nitrogens with one attached hydrogen (secondary N) is 1. The van der Waals surface area contributed by atoms with E-state index in [-0.39, 0.29) is 0 Å². The average Bonchev–Trinajstić information content (AvgIpc) is 2.77. The van der Waals surface area contributed by atoms with Gasteiger partial charge in [0.05, 0.1) is 0 Å². The molecule has 0 aliphatic rings. The monoisotopic (exact) mass is 249 g/mol. The van der Waals surface area contributed by atoms with Crippen molar-refractivity contribution in [1.82, 2.24) is 10.2 Å². The highest BCUT2D eigenvalue weighted by molar-refractivity contribution is 7.15. The molecule has 2 rings (SSSR count). The Morgan fingerprint density at radius 2 is 2.00 bits per heavy atom. The first-order valence-corrected chi connectivity index (χ1v) is 6.35. The maximum Gasteiger partial charge on any atom is 0.205 e. The summed E-state index contributed by atoms with van der Waals surface area (Å²) in [6.45, 7) is 5.40. The lowest BCUT2D eigenvalue weighted by Crippen LogP contribution is -1.94. The van der Waals surface area contributed by atoms with Crippen LogP contribution in [0.3, 0.4) is 0 Å². The van der Waals surface area contributed by atoms with Crippen LogP contribution in [-0.4, -0.2) is 16.7 Å². The molecule has 5 heteroatoms. The Morgan fingerprint density at radius 1 is 1.24 bits per heavy atom. The van der Waals surface area contributed by atoms with Gasteiger partial charge in [-0.15, -0.1) is 10.2 Å². The van der Waals surface area contributed by atoms with Crippen LogP contribution in [0.4, 0.5) is 5.13 Å². The fourth-order valence-corrected chi connectivity index (χ4v) is 2.04. The number of aromatic nitrogens is 2. The Bertz CT molecular complexity index is 467. The van der Waals surface area contributed by atoms with E-state index >= 15 is 0 Å². The predicted octanol–water partition coefficient (Wildman–Crippen LogP) is 2.86. The zero-order chi connectivity index (χ0) is 12.1. The van der Waals surface area contributed by atoms with Crippen molar-refractivity contribution in [2.45, 2.75) is 20.5 Å². The number of anilines is 1. The third-order valence-electron chi connectivity index (χ3n) is 2.18. The molecule has 0 bridgehead atoms. The first-order valence-electron chi connectivity index (χ1n) is 5.53. The lowest BCUT2D eigenvalue weighted by Gasteiger charge is -2.03. The van der Waals surface area contributed by atoms with Gasteiger partial charge in [-0.3, -0.25) is 0 Å². The maximum atomic E-state index is 5.62. The molecule has 0 spiro atoms. The SMILES string of the molecule is CCNc1nnc(COc2ccc(C)cc2)s1. The van der Waals surface area contributed by atoms with Gasteiger partial charge >= 0.3 is 0 Å². The van der Waals surface area contributed by atoms with Crippen molar-refractivity contribution in [3.05, 3.63) is 34.8 Å². The van der Waals surface area contributed by atoms with Crippen molar-refractivity contribution in [2.75, 3.05) is 11.9 Å². The number of ether oxygens (including phenoxy) is 1. The van der Waals surface area contributed by atoms with Crippen LogP contribution in [0.1, 0.15) is 17.5 Å². The van der Waals surface area contributed by atoms with Gasteiger partial charge in [0.25, 0.3) is 0 Å². The Morgan fingerprint density at radius 3 is 2.71 bits per heavy atom. The van der Waals surface area contributed by atoms with E-state index in [0.29, 0.717) is 6.61 Å². The van der Waals surface area contributed by atoms with Gasteiger partial charge in [0.1, 0.15) is 12.4 Å². The number of aryl methyl sites for hydroxylation is 1. The van der Waals surface area contributed by atoms with Crippen molar-refractivity contribution in [3.63, 3.8) is 0 Å². The summed E-state index contributed by atoms with van der Waals surface area (Å²) in [5, 5.41) is 12.9. The second-order valence-corrected chi connectivity index (χ2v) is 4.70. The Labute approximate surface area is 105 Å². The average molecular weight is 249 g/mol. The quantitative estimate of drug-likeness (QED) is 0.885. The molecule has 0 unspecified atom stereocenters. The lowest BCUT2D eigenvalue weighted by atomic mass is 10.2. The van der Waals surface area contributed by atoms with Gasteiger partial charge in [0.15, 0.2) is 5.01 Å². The molecule has 4 nitrogen and oxygen atoms in total. The molecule has 0 aliphatic carbocycles. The van der Waals surface area contributed by atoms with Gasteiger partial charge in [-0.1, -0.05) is 29.0 Å². The van der Waals surface area contributed by atoms with Crippen LogP contribution in [-0.2, 0) is 6.61 Å². The molecule has 1 heterocycles. The number of hydrogen-bond donors (Lipinski definition) is 1. The third-order valence-corrected chi connectivity index (χ3v) is 3.03. The van der Waals surface area contributed by atoms with E-state index in [1.165, 1.54) is 16.9 Å². The summed E-state index contributed by atoms with van der Waals surface area (Å²) in [6, 6.07) is 7.97. The van der Waals surface area contributed by atoms with Gasteiger partial charge in [-0.2, -0.15) is 0 Å². The van der Waals surface area contributed by atoms with E-state index in [4.69, 9.17) is 4.74 Å². The summed E-state index contributed by atoms with van der Waals surface area (Å²) in [6.07, 6.45) is 0. The van der Waals surface area contributed by atoms with E-state index in [1.54, 1.807) is 0 Å². The molecule has 0 radical (unpaired) electrons. The van der Waals surface area contributed by atoms with Crippen LogP contribution in [0.2, 0.25) is 0 Å². The molecule has 1 aromatic heterocycles. The highest BCUT2D eigenvalue weighted by Crippen LogP contribution is 2.18. The summed E-state index contributed by atoms with van der Waals surface area (Å²) in [5.41, 5.74) is 1.22. The van der Waals surface area contributed by atoms with Crippen LogP contribution in [0.15, 0.2) is 24.3 Å². The smallest absolute Gasteiger partial charge is 0.205 e. The molecule has 0 atom stereocenters. The van der Waals surface area contributed by atoms with Crippen LogP contribution in [0.25, 0.3) is 0 Å². The van der Waals surface area contributed by atoms with Gasteiger partial charge in [0, 0.05) is 6.54 Å². The predicted molar refractivity (Wildman–Crippen MR) is 69.6 cm³/mol. The van der Waals surface area contributed by atoms with Crippen molar-refractivity contribution < 1.29 is 4.74 Å². The standard InChI is InChI=1S/C12H15N3OS/c1-3-13-12-15-14-11(17-12)8-16-10-6-4-9(2)5-7-10/h4-7H,3,8H2,1-2H3,(H,13,15). The lowest BCUT2D eigenvalue weighted by molar-refractivity contribution is 0.304. The molecule has 0 saturated carbocycles. The largest absolute Gasteiger partial charge is 0.486 e. The number of benzene rings is 1. The summed E-state index contributed by atoms with van der Waals surface area (Å²) in [7, 11) is 0. The molecule has 90 valence electrons. The highest BCUT2D eigenvalue weighted by Gasteiger charge is 2.03. The van der Waals surface area contributed by atoms with Gasteiger partial charge < -0.3 is 10.1 Å². The van der Waals surface area contributed by atoms with Crippen molar-refractivity contribution in [2.24, 2.45) is 0 Å². The summed E-state index contributed by atoms with van der Waals surface area (Å²) in [4.78, 5) is 0. The van der Waals surface area contributed by atoms with E-state index < -0.39 is 0 Å². The molecule has 0 aliphatic heterocycles. The Balaban J connectivity index is 1.90. The van der Waals surface area contributed by atoms with E-state index in [2.05, 4.69) is 22.4 Å². The molecule has 0 amide bonds. The zero-order valence-corrected chi connectivity index (χ0v) is 10.8. The topological polar surface area (TPSA) is 47.0 Å². The van der Waals surface area contributed by atoms with Crippen molar-refractivity contribution in [1.29, 1.82) is 0 Å². The Kier molecular flexibility index (Phi) is 3.93. The molecule has 2 aromatic rings. The zero-order valence-electron chi connectivity index (χ0n) is 9.93. The molecule has 1 aromatic carbocycles. The minimum absolute atomic E-state index is 0.464. The molecular weight excluding hydrogens is 234 g/mol. The van der Waals surface area contributed by atoms with E-state index in [0.717, 1.165) is 22.4 Å². The van der Waals surface area contributed by atoms with Crippen LogP contribution >= 0.6 is 11.3 Å². The van der Waals surface area contributed by atoms with Crippen LogP contribution in [0.5, 0.6) is 5.75 Å². The second-order valence-electron chi connectivity index (χ2n) is 3.63. The first-order chi connectivity index (χ1) is 8.28.